The first-order valence-electron chi connectivity index (χ1n) is 9.68. The molecule has 35 heavy (non-hydrogen) atoms. The number of hydrogen-bond acceptors (Lipinski definition) is 8. The smallest absolute Gasteiger partial charge is 0.339 e. The Labute approximate surface area is 208 Å². The standard InChI is InChI=1S/C23H16BrN3O7S/c1-33-19-7-3-17(4-8-19)26-23(28)16(14-25)12-15-2-11-22(21(24)13-15)34-35(31,32)20-9-5-18(6-10-20)27(29)30/h2-13H,1H3,(H,26,28)/b16-12+. The summed E-state index contributed by atoms with van der Waals surface area (Å²) in [5.41, 5.74) is 0.460. The second-order valence-corrected chi connectivity index (χ2v) is 9.23. The summed E-state index contributed by atoms with van der Waals surface area (Å²) in [4.78, 5) is 22.3. The van der Waals surface area contributed by atoms with Crippen molar-refractivity contribution in [1.82, 2.24) is 0 Å². The molecule has 0 saturated carbocycles. The Bertz CT molecular complexity index is 1450. The summed E-state index contributed by atoms with van der Waals surface area (Å²) in [7, 11) is -2.75. The topological polar surface area (TPSA) is 149 Å². The highest BCUT2D eigenvalue weighted by atomic mass is 79.9. The monoisotopic (exact) mass is 557 g/mol. The normalized spacial score (nSPS) is 11.3. The van der Waals surface area contributed by atoms with E-state index in [0.717, 1.165) is 24.3 Å². The van der Waals surface area contributed by atoms with Crippen LogP contribution in [0.25, 0.3) is 6.08 Å². The third-order valence-corrected chi connectivity index (χ3v) is 6.38. The molecule has 0 heterocycles. The maximum atomic E-state index is 12.5. The van der Waals surface area contributed by atoms with Crippen molar-refractivity contribution in [3.63, 3.8) is 0 Å². The fourth-order valence-corrected chi connectivity index (χ4v) is 4.30. The number of carbonyl (C=O) groups excluding carboxylic acids is 1. The number of nitrogens with one attached hydrogen (secondary N) is 1. The van der Waals surface area contributed by atoms with E-state index < -0.39 is 20.9 Å². The Morgan fingerprint density at radius 2 is 1.77 bits per heavy atom. The van der Waals surface area contributed by atoms with Crippen LogP contribution in [-0.4, -0.2) is 26.4 Å². The highest BCUT2D eigenvalue weighted by molar-refractivity contribution is 9.10. The lowest BCUT2D eigenvalue weighted by atomic mass is 10.1. The van der Waals surface area contributed by atoms with Crippen molar-refractivity contribution in [2.24, 2.45) is 0 Å². The zero-order valence-corrected chi connectivity index (χ0v) is 20.4. The first kappa shape index (κ1) is 25.4. The van der Waals surface area contributed by atoms with E-state index in [1.54, 1.807) is 24.3 Å². The van der Waals surface area contributed by atoms with E-state index in [2.05, 4.69) is 21.2 Å². The summed E-state index contributed by atoms with van der Waals surface area (Å²) in [5, 5.41) is 22.8. The van der Waals surface area contributed by atoms with Crippen molar-refractivity contribution >= 4 is 49.4 Å². The zero-order chi connectivity index (χ0) is 25.6. The third kappa shape index (κ3) is 6.44. The molecule has 0 fully saturated rings. The summed E-state index contributed by atoms with van der Waals surface area (Å²) in [5.74, 6) is -0.0710. The van der Waals surface area contributed by atoms with E-state index >= 15 is 0 Å². The molecule has 0 saturated heterocycles. The second kappa shape index (κ2) is 10.8. The van der Waals surface area contributed by atoms with Gasteiger partial charge < -0.3 is 14.2 Å². The molecule has 3 aromatic carbocycles. The molecule has 1 N–H and O–H groups in total. The van der Waals surface area contributed by atoms with E-state index in [0.29, 0.717) is 17.0 Å². The van der Waals surface area contributed by atoms with Gasteiger partial charge in [-0.1, -0.05) is 6.07 Å². The Morgan fingerprint density at radius 1 is 1.11 bits per heavy atom. The maximum absolute atomic E-state index is 12.5. The fraction of sp³-hybridized carbons (Fsp3) is 0.0435. The number of benzene rings is 3. The van der Waals surface area contributed by atoms with Gasteiger partial charge in [-0.3, -0.25) is 14.9 Å². The molecule has 0 aliphatic heterocycles. The molecule has 3 aromatic rings. The van der Waals surface area contributed by atoms with Gasteiger partial charge in [0.1, 0.15) is 22.3 Å². The van der Waals surface area contributed by atoms with Crippen LogP contribution in [0.3, 0.4) is 0 Å². The van der Waals surface area contributed by atoms with Crippen molar-refractivity contribution in [2.75, 3.05) is 12.4 Å². The van der Waals surface area contributed by atoms with Gasteiger partial charge in [-0.2, -0.15) is 13.7 Å². The van der Waals surface area contributed by atoms with Gasteiger partial charge in [-0.05, 0) is 76.1 Å². The molecule has 0 spiro atoms. The number of hydrogen-bond donors (Lipinski definition) is 1. The van der Waals surface area contributed by atoms with Crippen molar-refractivity contribution in [3.05, 3.63) is 92.5 Å². The minimum absolute atomic E-state index is 0.0540. The molecule has 0 aliphatic carbocycles. The zero-order valence-electron chi connectivity index (χ0n) is 18.0. The molecule has 0 bridgehead atoms. The van der Waals surface area contributed by atoms with Crippen LogP contribution in [0.15, 0.2) is 81.7 Å². The average Bonchev–Trinajstić information content (AvgIpc) is 2.84. The molecule has 3 rings (SSSR count). The number of methoxy groups -OCH3 is 1. The van der Waals surface area contributed by atoms with Crippen LogP contribution >= 0.6 is 15.9 Å². The number of ether oxygens (including phenoxy) is 1. The maximum Gasteiger partial charge on any atom is 0.339 e. The largest absolute Gasteiger partial charge is 0.497 e. The van der Waals surface area contributed by atoms with E-state index in [1.165, 1.54) is 31.4 Å². The molecule has 0 radical (unpaired) electrons. The first-order chi connectivity index (χ1) is 16.6. The van der Waals surface area contributed by atoms with Crippen molar-refractivity contribution in [3.8, 4) is 17.6 Å². The van der Waals surface area contributed by atoms with Crippen LogP contribution in [0, 0.1) is 21.4 Å². The van der Waals surface area contributed by atoms with Gasteiger partial charge in [0.2, 0.25) is 0 Å². The minimum Gasteiger partial charge on any atom is -0.497 e. The number of non-ortho nitro benzene ring substituents is 1. The molecular weight excluding hydrogens is 542 g/mol. The number of nitro benzene ring substituents is 1. The van der Waals surface area contributed by atoms with Gasteiger partial charge in [0.05, 0.1) is 16.5 Å². The number of nitro groups is 1. The van der Waals surface area contributed by atoms with Crippen LogP contribution in [0.2, 0.25) is 0 Å². The van der Waals surface area contributed by atoms with Gasteiger partial charge in [-0.25, -0.2) is 0 Å². The van der Waals surface area contributed by atoms with E-state index in [9.17, 15) is 28.6 Å². The van der Waals surface area contributed by atoms with Crippen LogP contribution in [0.1, 0.15) is 5.56 Å². The number of nitriles is 1. The summed E-state index contributed by atoms with van der Waals surface area (Å²) in [6, 6.07) is 16.9. The number of anilines is 1. The molecule has 178 valence electrons. The van der Waals surface area contributed by atoms with Crippen LogP contribution in [0.4, 0.5) is 11.4 Å². The SMILES string of the molecule is COc1ccc(NC(=O)/C(C#N)=C/c2ccc(OS(=O)(=O)c3ccc([N+](=O)[O-])cc3)c(Br)c2)cc1. The van der Waals surface area contributed by atoms with Gasteiger partial charge in [0.25, 0.3) is 11.6 Å². The molecule has 0 unspecified atom stereocenters. The van der Waals surface area contributed by atoms with Crippen LogP contribution in [0.5, 0.6) is 11.5 Å². The molecule has 10 nitrogen and oxygen atoms in total. The predicted molar refractivity (Wildman–Crippen MR) is 130 cm³/mol. The van der Waals surface area contributed by atoms with E-state index in [1.807, 2.05) is 6.07 Å². The highest BCUT2D eigenvalue weighted by Gasteiger charge is 2.20. The molecule has 12 heteroatoms. The quantitative estimate of drug-likeness (QED) is 0.138. The van der Waals surface area contributed by atoms with Crippen molar-refractivity contribution < 1.29 is 27.1 Å². The van der Waals surface area contributed by atoms with Crippen LogP contribution < -0.4 is 14.2 Å². The number of carbonyl (C=O) groups is 1. The van der Waals surface area contributed by atoms with Gasteiger partial charge in [0.15, 0.2) is 5.75 Å². The summed E-state index contributed by atoms with van der Waals surface area (Å²) < 4.78 is 35.5. The lowest BCUT2D eigenvalue weighted by Crippen LogP contribution is -2.13. The highest BCUT2D eigenvalue weighted by Crippen LogP contribution is 2.30. The lowest BCUT2D eigenvalue weighted by Gasteiger charge is -2.09. The lowest BCUT2D eigenvalue weighted by molar-refractivity contribution is -0.384. The number of nitrogens with zero attached hydrogens (tertiary/aromatic N) is 2. The summed E-state index contributed by atoms with van der Waals surface area (Å²) in [6.45, 7) is 0. The molecule has 0 aromatic heterocycles. The summed E-state index contributed by atoms with van der Waals surface area (Å²) >= 11 is 3.22. The predicted octanol–water partition coefficient (Wildman–Crippen LogP) is 4.68. The molecule has 0 atom stereocenters. The van der Waals surface area contributed by atoms with E-state index in [4.69, 9.17) is 8.92 Å². The molecule has 1 amide bonds. The third-order valence-electron chi connectivity index (χ3n) is 4.52. The molecular formula is C23H16BrN3O7S. The Balaban J connectivity index is 1.77. The van der Waals surface area contributed by atoms with Gasteiger partial charge in [-0.15, -0.1) is 0 Å². The van der Waals surface area contributed by atoms with E-state index in [-0.39, 0.29) is 26.4 Å². The van der Waals surface area contributed by atoms with Gasteiger partial charge in [0, 0.05) is 17.8 Å². The van der Waals surface area contributed by atoms with Crippen molar-refractivity contribution in [2.45, 2.75) is 4.90 Å². The minimum atomic E-state index is -4.27. The summed E-state index contributed by atoms with van der Waals surface area (Å²) in [6.07, 6.45) is 1.33. The Morgan fingerprint density at radius 3 is 2.31 bits per heavy atom. The van der Waals surface area contributed by atoms with Crippen LogP contribution in [-0.2, 0) is 14.9 Å². The number of amides is 1. The second-order valence-electron chi connectivity index (χ2n) is 6.83. The van der Waals surface area contributed by atoms with Gasteiger partial charge >= 0.3 is 10.1 Å². The first-order valence-corrected chi connectivity index (χ1v) is 11.9. The number of rotatable bonds is 8. The Hall–Kier alpha value is -4.21. The number of halogens is 1. The fourth-order valence-electron chi connectivity index (χ4n) is 2.76. The average molecular weight is 558 g/mol. The molecule has 0 aliphatic rings. The van der Waals surface area contributed by atoms with Crippen molar-refractivity contribution in [1.29, 1.82) is 5.26 Å². The Kier molecular flexibility index (Phi) is 7.85.